The second-order valence-corrected chi connectivity index (χ2v) is 8.05. The Labute approximate surface area is 166 Å². The zero-order valence-corrected chi connectivity index (χ0v) is 16.6. The van der Waals surface area contributed by atoms with Crippen LogP contribution in [0.25, 0.3) is 0 Å². The van der Waals surface area contributed by atoms with Crippen molar-refractivity contribution < 1.29 is 9.69 Å². The Morgan fingerprint density at radius 3 is 2.63 bits per heavy atom. The van der Waals surface area contributed by atoms with E-state index in [0.717, 1.165) is 49.0 Å². The first-order chi connectivity index (χ1) is 13.1. The van der Waals surface area contributed by atoms with Crippen molar-refractivity contribution in [3.05, 3.63) is 58.6 Å². The smallest absolute Gasteiger partial charge is 0.282 e. The summed E-state index contributed by atoms with van der Waals surface area (Å²) >= 11 is 6.32. The molecule has 1 saturated heterocycles. The van der Waals surface area contributed by atoms with Crippen LogP contribution in [0.2, 0.25) is 5.02 Å². The van der Waals surface area contributed by atoms with Crippen molar-refractivity contribution in [3.63, 3.8) is 0 Å². The highest BCUT2D eigenvalue weighted by Crippen LogP contribution is 2.26. The van der Waals surface area contributed by atoms with E-state index in [1.165, 1.54) is 28.9 Å². The fourth-order valence-electron chi connectivity index (χ4n) is 4.26. The highest BCUT2D eigenvalue weighted by atomic mass is 35.5. The lowest BCUT2D eigenvalue weighted by Gasteiger charge is -2.36. The molecule has 27 heavy (non-hydrogen) atoms. The number of benzene rings is 2. The van der Waals surface area contributed by atoms with Gasteiger partial charge in [0.1, 0.15) is 0 Å². The van der Waals surface area contributed by atoms with Gasteiger partial charge in [0.15, 0.2) is 6.04 Å². The molecule has 2 N–H and O–H groups in total. The highest BCUT2D eigenvalue weighted by molar-refractivity contribution is 6.33. The summed E-state index contributed by atoms with van der Waals surface area (Å²) in [4.78, 5) is 16.4. The molecule has 2 aromatic rings. The number of amides is 1. The summed E-state index contributed by atoms with van der Waals surface area (Å²) in [6.45, 7) is 5.72. The largest absolute Gasteiger partial charge is 0.359 e. The zero-order valence-electron chi connectivity index (χ0n) is 15.8. The number of halogens is 1. The molecule has 0 saturated carbocycles. The summed E-state index contributed by atoms with van der Waals surface area (Å²) in [6, 6.07) is 14.3. The molecular weight excluding hydrogens is 358 g/mol. The number of quaternary nitrogens is 1. The van der Waals surface area contributed by atoms with Crippen molar-refractivity contribution in [1.29, 1.82) is 0 Å². The summed E-state index contributed by atoms with van der Waals surface area (Å²) in [5.74, 6) is 0.106. The minimum atomic E-state index is -0.0633. The molecule has 1 aliphatic heterocycles. The number of hydrogen-bond donors (Lipinski definition) is 2. The summed E-state index contributed by atoms with van der Waals surface area (Å²) in [5.41, 5.74) is 4.85. The number of nitrogens with zero attached hydrogens (tertiary/aromatic N) is 1. The Hall–Kier alpha value is -2.04. The van der Waals surface area contributed by atoms with Gasteiger partial charge in [0.2, 0.25) is 0 Å². The van der Waals surface area contributed by atoms with Crippen LogP contribution in [-0.2, 0) is 17.6 Å². The van der Waals surface area contributed by atoms with Crippen molar-refractivity contribution in [2.75, 3.05) is 36.4 Å². The van der Waals surface area contributed by atoms with E-state index in [1.54, 1.807) is 0 Å². The fourth-order valence-corrected chi connectivity index (χ4v) is 4.52. The molecule has 142 valence electrons. The van der Waals surface area contributed by atoms with Crippen LogP contribution in [0.4, 0.5) is 11.4 Å². The molecule has 1 aliphatic carbocycles. The van der Waals surface area contributed by atoms with Gasteiger partial charge in [-0.3, -0.25) is 4.79 Å². The molecule has 2 aliphatic rings. The van der Waals surface area contributed by atoms with Crippen molar-refractivity contribution in [2.45, 2.75) is 32.2 Å². The molecule has 1 atom stereocenters. The molecular formula is C22H27ClN3O+. The second-order valence-electron chi connectivity index (χ2n) is 7.64. The molecule has 1 amide bonds. The van der Waals surface area contributed by atoms with Crippen LogP contribution >= 0.6 is 11.6 Å². The van der Waals surface area contributed by atoms with Gasteiger partial charge in [0.05, 0.1) is 36.9 Å². The summed E-state index contributed by atoms with van der Waals surface area (Å²) in [6.07, 6.45) is 3.52. The molecule has 2 aromatic carbocycles. The number of rotatable bonds is 4. The van der Waals surface area contributed by atoms with Crippen LogP contribution in [0.15, 0.2) is 42.5 Å². The van der Waals surface area contributed by atoms with Crippen LogP contribution in [0.3, 0.4) is 0 Å². The average Bonchev–Trinajstić information content (AvgIpc) is 3.16. The molecule has 4 nitrogen and oxygen atoms in total. The van der Waals surface area contributed by atoms with Crippen molar-refractivity contribution in [3.8, 4) is 0 Å². The summed E-state index contributed by atoms with van der Waals surface area (Å²) in [5, 5.41) is 3.92. The van der Waals surface area contributed by atoms with Crippen LogP contribution in [0.5, 0.6) is 0 Å². The van der Waals surface area contributed by atoms with Crippen molar-refractivity contribution in [1.82, 2.24) is 0 Å². The minimum Gasteiger partial charge on any atom is -0.359 e. The minimum absolute atomic E-state index is 0.0633. The van der Waals surface area contributed by atoms with Crippen molar-refractivity contribution >= 4 is 28.9 Å². The normalized spacial score (nSPS) is 18.2. The SMILES string of the molecule is C[C@H](C(=O)Nc1ccc2c(c1)CCC2)[NH+]1CCN(c2ccccc2Cl)CC1. The van der Waals surface area contributed by atoms with E-state index in [4.69, 9.17) is 11.6 Å². The Morgan fingerprint density at radius 2 is 1.85 bits per heavy atom. The number of hydrogen-bond acceptors (Lipinski definition) is 2. The van der Waals surface area contributed by atoms with E-state index < -0.39 is 0 Å². The predicted molar refractivity (Wildman–Crippen MR) is 111 cm³/mol. The van der Waals surface area contributed by atoms with E-state index in [-0.39, 0.29) is 11.9 Å². The second kappa shape index (κ2) is 7.91. The Balaban J connectivity index is 1.34. The van der Waals surface area contributed by atoms with Crippen molar-refractivity contribution in [2.24, 2.45) is 0 Å². The van der Waals surface area contributed by atoms with E-state index in [9.17, 15) is 4.79 Å². The van der Waals surface area contributed by atoms with E-state index in [1.807, 2.05) is 31.2 Å². The van der Waals surface area contributed by atoms with Gasteiger partial charge in [-0.2, -0.15) is 0 Å². The first-order valence-electron chi connectivity index (χ1n) is 9.88. The molecule has 5 heteroatoms. The topological polar surface area (TPSA) is 36.8 Å². The van der Waals surface area contributed by atoms with Gasteiger partial charge < -0.3 is 15.1 Å². The summed E-state index contributed by atoms with van der Waals surface area (Å²) < 4.78 is 0. The number of aryl methyl sites for hydroxylation is 2. The van der Waals surface area contributed by atoms with E-state index in [2.05, 4.69) is 28.4 Å². The lowest BCUT2D eigenvalue weighted by atomic mass is 10.1. The van der Waals surface area contributed by atoms with Gasteiger partial charge in [-0.25, -0.2) is 0 Å². The Kier molecular flexibility index (Phi) is 5.37. The van der Waals surface area contributed by atoms with Gasteiger partial charge in [-0.15, -0.1) is 0 Å². The molecule has 0 aromatic heterocycles. The number of para-hydroxylation sites is 1. The maximum Gasteiger partial charge on any atom is 0.282 e. The van der Waals surface area contributed by atoms with Gasteiger partial charge in [-0.05, 0) is 61.6 Å². The third kappa shape index (κ3) is 3.97. The first-order valence-corrected chi connectivity index (χ1v) is 10.3. The predicted octanol–water partition coefficient (Wildman–Crippen LogP) is 2.56. The molecule has 0 unspecified atom stereocenters. The number of nitrogens with one attached hydrogen (secondary N) is 2. The van der Waals surface area contributed by atoms with Gasteiger partial charge >= 0.3 is 0 Å². The number of piperazine rings is 1. The van der Waals surface area contributed by atoms with Gasteiger partial charge in [-0.1, -0.05) is 29.8 Å². The third-order valence-corrected chi connectivity index (χ3v) is 6.29. The maximum atomic E-state index is 12.8. The fraction of sp³-hybridized carbons (Fsp3) is 0.409. The lowest BCUT2D eigenvalue weighted by Crippen LogP contribution is -3.19. The average molecular weight is 385 g/mol. The first kappa shape index (κ1) is 18.3. The number of anilines is 2. The summed E-state index contributed by atoms with van der Waals surface area (Å²) in [7, 11) is 0. The maximum absolute atomic E-state index is 12.8. The van der Waals surface area contributed by atoms with Gasteiger partial charge in [0.25, 0.3) is 5.91 Å². The molecule has 0 spiro atoms. The van der Waals surface area contributed by atoms with E-state index >= 15 is 0 Å². The Bertz CT molecular complexity index is 830. The zero-order chi connectivity index (χ0) is 18.8. The van der Waals surface area contributed by atoms with Crippen LogP contribution in [0.1, 0.15) is 24.5 Å². The molecule has 0 bridgehead atoms. The Morgan fingerprint density at radius 1 is 1.11 bits per heavy atom. The molecule has 1 heterocycles. The van der Waals surface area contributed by atoms with E-state index in [0.29, 0.717) is 0 Å². The number of fused-ring (bicyclic) bond motifs is 1. The number of carbonyl (C=O) groups is 1. The van der Waals surface area contributed by atoms with Crippen LogP contribution in [0, 0.1) is 0 Å². The van der Waals surface area contributed by atoms with Gasteiger partial charge in [0, 0.05) is 5.69 Å². The van der Waals surface area contributed by atoms with Crippen LogP contribution in [-0.4, -0.2) is 38.1 Å². The molecule has 4 rings (SSSR count). The molecule has 1 fully saturated rings. The molecule has 0 radical (unpaired) electrons. The van der Waals surface area contributed by atoms with Crippen LogP contribution < -0.4 is 15.1 Å². The standard InChI is InChI=1S/C22H26ClN3O/c1-16(22(27)24-19-10-9-17-5-4-6-18(17)15-19)25-11-13-26(14-12-25)21-8-3-2-7-20(21)23/h2-3,7-10,15-16H,4-6,11-14H2,1H3,(H,24,27)/p+1/t16-/m1/s1. The highest BCUT2D eigenvalue weighted by Gasteiger charge is 2.30. The monoisotopic (exact) mass is 384 g/mol. The quantitative estimate of drug-likeness (QED) is 0.850. The lowest BCUT2D eigenvalue weighted by molar-refractivity contribution is -0.914. The number of carbonyl (C=O) groups excluding carboxylic acids is 1. The third-order valence-electron chi connectivity index (χ3n) is 5.97.